The summed E-state index contributed by atoms with van der Waals surface area (Å²) in [6.45, 7) is 6.73. The van der Waals surface area contributed by atoms with E-state index in [1.54, 1.807) is 0 Å². The molecular formula is C27H38ClN. The van der Waals surface area contributed by atoms with E-state index in [1.165, 1.54) is 80.9 Å². The van der Waals surface area contributed by atoms with Crippen LogP contribution in [-0.2, 0) is 6.42 Å². The maximum atomic E-state index is 6.93. The lowest BCUT2D eigenvalue weighted by molar-refractivity contribution is -0.00275. The van der Waals surface area contributed by atoms with Crippen LogP contribution in [0.15, 0.2) is 30.4 Å². The second kappa shape index (κ2) is 7.72. The molecule has 2 heteroatoms. The third-order valence-electron chi connectivity index (χ3n) is 9.39. The van der Waals surface area contributed by atoms with Crippen LogP contribution in [0.3, 0.4) is 0 Å². The summed E-state index contributed by atoms with van der Waals surface area (Å²) in [6.07, 6.45) is 14.5. The molecule has 1 atom stereocenters. The van der Waals surface area contributed by atoms with Gasteiger partial charge in [-0.2, -0.15) is 0 Å². The smallest absolute Gasteiger partial charge is 0.0443 e. The molecule has 5 fully saturated rings. The minimum atomic E-state index is 0.116. The lowest BCUT2D eigenvalue weighted by Gasteiger charge is -2.54. The molecule has 5 aliphatic carbocycles. The molecule has 5 aliphatic rings. The van der Waals surface area contributed by atoms with Crippen molar-refractivity contribution in [2.75, 3.05) is 0 Å². The molecule has 1 unspecified atom stereocenters. The fraction of sp³-hybridized carbons (Fsp3) is 0.704. The van der Waals surface area contributed by atoms with Gasteiger partial charge in [0.25, 0.3) is 0 Å². The highest BCUT2D eigenvalue weighted by Gasteiger charge is 2.49. The van der Waals surface area contributed by atoms with Crippen LogP contribution in [-0.4, -0.2) is 6.04 Å². The first-order chi connectivity index (χ1) is 14.0. The molecule has 0 spiro atoms. The van der Waals surface area contributed by atoms with Crippen molar-refractivity contribution in [3.05, 3.63) is 46.5 Å². The molecule has 29 heavy (non-hydrogen) atoms. The predicted octanol–water partition coefficient (Wildman–Crippen LogP) is 7.28. The number of hydrogen-bond acceptors (Lipinski definition) is 1. The lowest BCUT2D eigenvalue weighted by atomic mass is 9.51. The molecule has 0 aliphatic heterocycles. The topological polar surface area (TPSA) is 26.0 Å². The Morgan fingerprint density at radius 1 is 1.07 bits per heavy atom. The van der Waals surface area contributed by atoms with Crippen LogP contribution in [0.4, 0.5) is 0 Å². The Balaban J connectivity index is 1.34. The van der Waals surface area contributed by atoms with Gasteiger partial charge in [0.05, 0.1) is 0 Å². The van der Waals surface area contributed by atoms with Gasteiger partial charge in [0, 0.05) is 16.5 Å². The number of benzene rings is 1. The predicted molar refractivity (Wildman–Crippen MR) is 123 cm³/mol. The van der Waals surface area contributed by atoms with Crippen molar-refractivity contribution in [3.8, 4) is 0 Å². The summed E-state index contributed by atoms with van der Waals surface area (Å²) in [5.41, 5.74) is 10.7. The zero-order valence-corrected chi connectivity index (χ0v) is 18.9. The molecule has 0 radical (unpaired) electrons. The number of halogens is 1. The second-order valence-electron chi connectivity index (χ2n) is 11.1. The first kappa shape index (κ1) is 20.1. The SMILES string of the molecule is C=C(Cc1ccc(C2C3CC4CC(C3)CC2C4)c(Cl)c1)C1(C(C)N)CCCCC1. The van der Waals surface area contributed by atoms with Gasteiger partial charge >= 0.3 is 0 Å². The van der Waals surface area contributed by atoms with Gasteiger partial charge in [-0.1, -0.05) is 55.1 Å². The third-order valence-corrected chi connectivity index (χ3v) is 9.72. The normalized spacial score (nSPS) is 36.2. The molecule has 4 bridgehead atoms. The summed E-state index contributed by atoms with van der Waals surface area (Å²) in [6, 6.07) is 7.15. The summed E-state index contributed by atoms with van der Waals surface area (Å²) in [5, 5.41) is 1.01. The largest absolute Gasteiger partial charge is 0.327 e. The zero-order valence-electron chi connectivity index (χ0n) is 18.1. The molecular weight excluding hydrogens is 374 g/mol. The van der Waals surface area contributed by atoms with Crippen molar-refractivity contribution in [1.82, 2.24) is 0 Å². The van der Waals surface area contributed by atoms with Crippen molar-refractivity contribution in [2.24, 2.45) is 34.8 Å². The van der Waals surface area contributed by atoms with Crippen LogP contribution in [0.2, 0.25) is 5.02 Å². The third kappa shape index (κ3) is 3.51. The standard InChI is InChI=1S/C27H38ClN/c1-17(27(18(2)29)8-4-3-5-9-27)10-19-6-7-24(25(28)16-19)26-22-12-20-11-21(14-22)15-23(26)13-20/h6-7,16,18,20-23,26H,1,3-5,8-15,29H2,2H3. The van der Waals surface area contributed by atoms with Crippen LogP contribution in [0.25, 0.3) is 0 Å². The van der Waals surface area contributed by atoms with Gasteiger partial charge in [0.15, 0.2) is 0 Å². The van der Waals surface area contributed by atoms with E-state index >= 15 is 0 Å². The summed E-state index contributed by atoms with van der Waals surface area (Å²) in [4.78, 5) is 0. The Hall–Kier alpha value is -0.790. The molecule has 1 nitrogen and oxygen atoms in total. The minimum absolute atomic E-state index is 0.116. The van der Waals surface area contributed by atoms with E-state index in [-0.39, 0.29) is 11.5 Å². The van der Waals surface area contributed by atoms with E-state index in [1.807, 2.05) is 0 Å². The Labute approximate surface area is 182 Å². The van der Waals surface area contributed by atoms with Crippen LogP contribution >= 0.6 is 11.6 Å². The zero-order chi connectivity index (χ0) is 20.2. The first-order valence-electron chi connectivity index (χ1n) is 12.2. The second-order valence-corrected chi connectivity index (χ2v) is 11.5. The van der Waals surface area contributed by atoms with Crippen LogP contribution in [0.5, 0.6) is 0 Å². The fourth-order valence-electron chi connectivity index (χ4n) is 8.12. The van der Waals surface area contributed by atoms with Gasteiger partial charge in [0.2, 0.25) is 0 Å². The van der Waals surface area contributed by atoms with Crippen LogP contribution < -0.4 is 5.73 Å². The fourth-order valence-corrected chi connectivity index (χ4v) is 8.45. The number of rotatable bonds is 5. The van der Waals surface area contributed by atoms with Gasteiger partial charge in [-0.05, 0) is 105 Å². The van der Waals surface area contributed by atoms with Crippen molar-refractivity contribution < 1.29 is 0 Å². The van der Waals surface area contributed by atoms with E-state index in [4.69, 9.17) is 17.3 Å². The molecule has 0 heterocycles. The summed E-state index contributed by atoms with van der Waals surface area (Å²) < 4.78 is 0. The van der Waals surface area contributed by atoms with E-state index in [2.05, 4.69) is 31.7 Å². The number of nitrogens with two attached hydrogens (primary N) is 1. The minimum Gasteiger partial charge on any atom is -0.327 e. The van der Waals surface area contributed by atoms with Crippen LogP contribution in [0.1, 0.15) is 88.2 Å². The monoisotopic (exact) mass is 411 g/mol. The molecule has 1 aromatic rings. The average molecular weight is 412 g/mol. The van der Waals surface area contributed by atoms with Gasteiger partial charge < -0.3 is 5.73 Å². The van der Waals surface area contributed by atoms with E-state index in [0.717, 1.165) is 35.1 Å². The van der Waals surface area contributed by atoms with Crippen molar-refractivity contribution in [2.45, 2.75) is 89.5 Å². The quantitative estimate of drug-likeness (QED) is 0.506. The molecule has 0 amide bonds. The molecule has 1 aromatic carbocycles. The van der Waals surface area contributed by atoms with Gasteiger partial charge in [-0.25, -0.2) is 0 Å². The average Bonchev–Trinajstić information content (AvgIpc) is 2.69. The molecule has 6 rings (SSSR count). The summed E-state index contributed by atoms with van der Waals surface area (Å²) in [5.74, 6) is 4.50. The highest BCUT2D eigenvalue weighted by molar-refractivity contribution is 6.31. The van der Waals surface area contributed by atoms with Gasteiger partial charge in [0.1, 0.15) is 0 Å². The first-order valence-corrected chi connectivity index (χ1v) is 12.6. The highest BCUT2D eigenvalue weighted by atomic mass is 35.5. The Kier molecular flexibility index (Phi) is 5.36. The number of hydrogen-bond donors (Lipinski definition) is 1. The highest BCUT2D eigenvalue weighted by Crippen LogP contribution is 2.60. The van der Waals surface area contributed by atoms with E-state index < -0.39 is 0 Å². The summed E-state index contributed by atoms with van der Waals surface area (Å²) in [7, 11) is 0. The Morgan fingerprint density at radius 2 is 1.69 bits per heavy atom. The molecule has 0 aromatic heterocycles. The van der Waals surface area contributed by atoms with Gasteiger partial charge in [-0.3, -0.25) is 0 Å². The van der Waals surface area contributed by atoms with Crippen molar-refractivity contribution in [3.63, 3.8) is 0 Å². The van der Waals surface area contributed by atoms with E-state index in [9.17, 15) is 0 Å². The molecule has 5 saturated carbocycles. The molecule has 158 valence electrons. The van der Waals surface area contributed by atoms with Crippen molar-refractivity contribution >= 4 is 11.6 Å². The van der Waals surface area contributed by atoms with E-state index in [0.29, 0.717) is 5.92 Å². The maximum Gasteiger partial charge on any atom is 0.0443 e. The summed E-state index contributed by atoms with van der Waals surface area (Å²) >= 11 is 6.93. The Bertz CT molecular complexity index is 745. The van der Waals surface area contributed by atoms with Crippen molar-refractivity contribution in [1.29, 1.82) is 0 Å². The molecule has 2 N–H and O–H groups in total. The van der Waals surface area contributed by atoms with Gasteiger partial charge in [-0.15, -0.1) is 0 Å². The van der Waals surface area contributed by atoms with Crippen LogP contribution in [0, 0.1) is 29.1 Å². The maximum absolute atomic E-state index is 6.93. The Morgan fingerprint density at radius 3 is 2.24 bits per heavy atom. The molecule has 0 saturated heterocycles. The lowest BCUT2D eigenvalue weighted by Crippen LogP contribution is -2.43.